The van der Waals surface area contributed by atoms with Gasteiger partial charge < -0.3 is 11.1 Å². The molecule has 0 radical (unpaired) electrons. The highest BCUT2D eigenvalue weighted by Crippen LogP contribution is 2.26. The molecule has 2 heterocycles. The van der Waals surface area contributed by atoms with Gasteiger partial charge in [0.15, 0.2) is 5.82 Å². The van der Waals surface area contributed by atoms with E-state index in [1.54, 1.807) is 12.4 Å². The van der Waals surface area contributed by atoms with Gasteiger partial charge >= 0.3 is 0 Å². The molecule has 4 rings (SSSR count). The topological polar surface area (TPSA) is 76.7 Å². The molecule has 3 N–H and O–H groups in total. The molecular weight excluding hydrogens is 441 g/mol. The average Bonchev–Trinajstić information content (AvgIpc) is 2.69. The van der Waals surface area contributed by atoms with Crippen molar-refractivity contribution in [1.82, 2.24) is 15.0 Å². The van der Waals surface area contributed by atoms with E-state index in [1.807, 2.05) is 24.3 Å². The zero-order chi connectivity index (χ0) is 18.6. The van der Waals surface area contributed by atoms with Gasteiger partial charge in [0.2, 0.25) is 0 Å². The molecule has 1 aliphatic carbocycles. The fourth-order valence-electron chi connectivity index (χ4n) is 3.55. The Morgan fingerprint density at radius 3 is 2.33 bits per heavy atom. The molecule has 0 atom stereocenters. The molecule has 0 saturated heterocycles. The van der Waals surface area contributed by atoms with Gasteiger partial charge in [0, 0.05) is 29.9 Å². The van der Waals surface area contributed by atoms with Crippen LogP contribution in [-0.4, -0.2) is 27.0 Å². The Hall–Kier alpha value is -1.92. The molecule has 1 aromatic carbocycles. The first-order valence-corrected chi connectivity index (χ1v) is 9.56. The van der Waals surface area contributed by atoms with E-state index in [0.717, 1.165) is 48.0 Å². The van der Waals surface area contributed by atoms with Gasteiger partial charge in [0.1, 0.15) is 5.82 Å². The lowest BCUT2D eigenvalue weighted by molar-refractivity contribution is 0.410. The number of benzene rings is 1. The number of nitrogens with one attached hydrogen (secondary N) is 1. The van der Waals surface area contributed by atoms with E-state index in [9.17, 15) is 0 Å². The fourth-order valence-corrected chi connectivity index (χ4v) is 3.55. The Kier molecular flexibility index (Phi) is 10.5. The number of nitrogens with zero attached hydrogens (tertiary/aromatic N) is 3. The third-order valence-corrected chi connectivity index (χ3v) is 5.11. The number of anilines is 1. The van der Waals surface area contributed by atoms with Crippen LogP contribution < -0.4 is 11.1 Å². The molecule has 0 aliphatic heterocycles. The predicted molar refractivity (Wildman–Crippen MR) is 133 cm³/mol. The van der Waals surface area contributed by atoms with Crippen LogP contribution in [0.1, 0.15) is 42.6 Å². The van der Waals surface area contributed by atoms with Crippen molar-refractivity contribution in [2.75, 3.05) is 5.32 Å². The molecule has 1 fully saturated rings. The Balaban J connectivity index is 0.00000150. The summed E-state index contributed by atoms with van der Waals surface area (Å²) < 4.78 is 0. The Bertz CT molecular complexity index is 958. The van der Waals surface area contributed by atoms with Gasteiger partial charge in [-0.3, -0.25) is 4.98 Å². The number of pyridine rings is 1. The van der Waals surface area contributed by atoms with E-state index in [0.29, 0.717) is 17.9 Å². The summed E-state index contributed by atoms with van der Waals surface area (Å²) in [5.74, 6) is 1.62. The standard InChI is InChI=1S/C22H25N5.3ClH/c1-15-2-8-20-19(14-15)22(25-18-6-4-17(23)5-7-18)27-21(26-20)9-3-16-10-12-24-13-11-16;;;/h2-3,8-14,17-18H,4-7,23H2,1H3,(H,25,26,27);3*1H/t17-,18+;;;. The van der Waals surface area contributed by atoms with Crippen molar-refractivity contribution in [1.29, 1.82) is 0 Å². The first kappa shape index (κ1) is 26.1. The number of hydrogen-bond acceptors (Lipinski definition) is 5. The molecule has 2 aromatic heterocycles. The van der Waals surface area contributed by atoms with Crippen molar-refractivity contribution >= 4 is 66.1 Å². The maximum absolute atomic E-state index is 6.05. The normalized spacial score (nSPS) is 18.2. The van der Waals surface area contributed by atoms with Crippen LogP contribution in [0.15, 0.2) is 42.7 Å². The smallest absolute Gasteiger partial charge is 0.154 e. The molecule has 8 heteroatoms. The molecule has 30 heavy (non-hydrogen) atoms. The Morgan fingerprint density at radius 2 is 1.63 bits per heavy atom. The first-order chi connectivity index (χ1) is 13.2. The summed E-state index contributed by atoms with van der Waals surface area (Å²) in [6, 6.07) is 11.0. The highest BCUT2D eigenvalue weighted by Gasteiger charge is 2.19. The quantitative estimate of drug-likeness (QED) is 0.532. The van der Waals surface area contributed by atoms with E-state index in [4.69, 9.17) is 15.7 Å². The second-order valence-electron chi connectivity index (χ2n) is 7.32. The first-order valence-electron chi connectivity index (χ1n) is 9.56. The number of aromatic nitrogens is 3. The zero-order valence-electron chi connectivity index (χ0n) is 16.8. The molecular formula is C22H28Cl3N5. The molecule has 3 aromatic rings. The molecule has 1 aliphatic rings. The van der Waals surface area contributed by atoms with Crippen LogP contribution in [0, 0.1) is 6.92 Å². The average molecular weight is 469 g/mol. The van der Waals surface area contributed by atoms with E-state index < -0.39 is 0 Å². The third-order valence-electron chi connectivity index (χ3n) is 5.11. The number of aryl methyl sites for hydroxylation is 1. The maximum Gasteiger partial charge on any atom is 0.154 e. The summed E-state index contributed by atoms with van der Waals surface area (Å²) in [6.45, 7) is 2.10. The van der Waals surface area contributed by atoms with Crippen molar-refractivity contribution in [2.24, 2.45) is 5.73 Å². The van der Waals surface area contributed by atoms with E-state index in [1.165, 1.54) is 5.56 Å². The van der Waals surface area contributed by atoms with Crippen LogP contribution in [0.5, 0.6) is 0 Å². The van der Waals surface area contributed by atoms with Crippen molar-refractivity contribution in [2.45, 2.75) is 44.7 Å². The molecule has 0 unspecified atom stereocenters. The van der Waals surface area contributed by atoms with Crippen molar-refractivity contribution in [3.8, 4) is 0 Å². The largest absolute Gasteiger partial charge is 0.367 e. The maximum atomic E-state index is 6.05. The number of nitrogens with two attached hydrogens (primary N) is 1. The van der Waals surface area contributed by atoms with Gasteiger partial charge in [0.05, 0.1) is 5.52 Å². The number of rotatable bonds is 4. The van der Waals surface area contributed by atoms with E-state index >= 15 is 0 Å². The molecule has 0 bridgehead atoms. The minimum Gasteiger partial charge on any atom is -0.367 e. The number of hydrogen-bond donors (Lipinski definition) is 2. The van der Waals surface area contributed by atoms with Crippen LogP contribution in [-0.2, 0) is 0 Å². The van der Waals surface area contributed by atoms with Crippen LogP contribution in [0.2, 0.25) is 0 Å². The van der Waals surface area contributed by atoms with Gasteiger partial charge in [-0.2, -0.15) is 0 Å². The molecule has 0 spiro atoms. The van der Waals surface area contributed by atoms with Crippen LogP contribution in [0.4, 0.5) is 5.82 Å². The summed E-state index contributed by atoms with van der Waals surface area (Å²) in [6.07, 6.45) is 11.8. The van der Waals surface area contributed by atoms with Gasteiger partial charge in [-0.1, -0.05) is 17.7 Å². The van der Waals surface area contributed by atoms with Gasteiger partial charge in [-0.25, -0.2) is 9.97 Å². The summed E-state index contributed by atoms with van der Waals surface area (Å²) in [4.78, 5) is 13.6. The second kappa shape index (κ2) is 12.1. The number of fused-ring (bicyclic) bond motifs is 1. The lowest BCUT2D eigenvalue weighted by Crippen LogP contribution is -2.33. The summed E-state index contributed by atoms with van der Waals surface area (Å²) >= 11 is 0. The lowest BCUT2D eigenvalue weighted by atomic mass is 9.92. The molecule has 162 valence electrons. The predicted octanol–water partition coefficient (Wildman–Crippen LogP) is 5.45. The summed E-state index contributed by atoms with van der Waals surface area (Å²) in [5, 5.41) is 4.73. The SMILES string of the molecule is Cc1ccc2nc(C=Cc3ccncc3)nc(N[C@H]3CC[C@@H](N)CC3)c2c1.Cl.Cl.Cl. The van der Waals surface area contributed by atoms with Crippen molar-refractivity contribution in [3.63, 3.8) is 0 Å². The molecule has 5 nitrogen and oxygen atoms in total. The van der Waals surface area contributed by atoms with Crippen LogP contribution in [0.25, 0.3) is 23.1 Å². The van der Waals surface area contributed by atoms with Crippen LogP contribution in [0.3, 0.4) is 0 Å². The minimum atomic E-state index is 0. The van der Waals surface area contributed by atoms with Crippen LogP contribution >= 0.6 is 37.2 Å². The summed E-state index contributed by atoms with van der Waals surface area (Å²) in [5.41, 5.74) is 9.30. The van der Waals surface area contributed by atoms with Crippen molar-refractivity contribution in [3.05, 3.63) is 59.7 Å². The van der Waals surface area contributed by atoms with Gasteiger partial charge in [0.25, 0.3) is 0 Å². The van der Waals surface area contributed by atoms with Gasteiger partial charge in [-0.05, 0) is 68.5 Å². The number of halogens is 3. The minimum absolute atomic E-state index is 0. The molecule has 0 amide bonds. The third kappa shape index (κ3) is 6.54. The molecule has 1 saturated carbocycles. The Morgan fingerprint density at radius 1 is 0.933 bits per heavy atom. The fraction of sp³-hybridized carbons (Fsp3) is 0.318. The lowest BCUT2D eigenvalue weighted by Gasteiger charge is -2.27. The second-order valence-corrected chi connectivity index (χ2v) is 7.32. The summed E-state index contributed by atoms with van der Waals surface area (Å²) in [7, 11) is 0. The monoisotopic (exact) mass is 467 g/mol. The van der Waals surface area contributed by atoms with E-state index in [2.05, 4.69) is 35.4 Å². The zero-order valence-corrected chi connectivity index (χ0v) is 19.3. The highest BCUT2D eigenvalue weighted by atomic mass is 35.5. The van der Waals surface area contributed by atoms with E-state index in [-0.39, 0.29) is 37.2 Å². The highest BCUT2D eigenvalue weighted by molar-refractivity contribution is 5.90. The van der Waals surface area contributed by atoms with Crippen molar-refractivity contribution < 1.29 is 0 Å². The Labute approximate surface area is 196 Å². The van der Waals surface area contributed by atoms with Gasteiger partial charge in [-0.15, -0.1) is 37.2 Å².